The highest BCUT2D eigenvalue weighted by Gasteiger charge is 2.19. The van der Waals surface area contributed by atoms with E-state index in [1.165, 1.54) is 0 Å². The lowest BCUT2D eigenvalue weighted by Gasteiger charge is -2.15. The van der Waals surface area contributed by atoms with E-state index >= 15 is 0 Å². The van der Waals surface area contributed by atoms with Gasteiger partial charge in [0.25, 0.3) is 0 Å². The molecule has 0 aliphatic carbocycles. The summed E-state index contributed by atoms with van der Waals surface area (Å²) in [5, 5.41) is 4.73. The van der Waals surface area contributed by atoms with Crippen LogP contribution in [0.3, 0.4) is 0 Å². The normalized spacial score (nSPS) is 11.1. The molecule has 6 heteroatoms. The second kappa shape index (κ2) is 7.22. The van der Waals surface area contributed by atoms with E-state index in [2.05, 4.69) is 27.7 Å². The van der Waals surface area contributed by atoms with Crippen molar-refractivity contribution in [1.82, 2.24) is 14.4 Å². The minimum atomic E-state index is 0.554. The fourth-order valence-corrected chi connectivity index (χ4v) is 3.69. The molecule has 3 aromatic heterocycles. The highest BCUT2D eigenvalue weighted by atomic mass is 35.5. The van der Waals surface area contributed by atoms with Crippen molar-refractivity contribution in [1.29, 1.82) is 0 Å². The molecule has 0 amide bonds. The molecule has 1 aromatic carbocycles. The van der Waals surface area contributed by atoms with Gasteiger partial charge in [0.1, 0.15) is 17.2 Å². The summed E-state index contributed by atoms with van der Waals surface area (Å²) in [4.78, 5) is 8.94. The molecule has 0 aliphatic heterocycles. The molecule has 0 unspecified atom stereocenters. The Balaban J connectivity index is 2.02. The van der Waals surface area contributed by atoms with E-state index in [1.54, 1.807) is 12.4 Å². The minimum Gasteiger partial charge on any atom is -0.338 e. The summed E-state index contributed by atoms with van der Waals surface area (Å²) in [6, 6.07) is 13.8. The monoisotopic (exact) mass is 396 g/mol. The Hall–Kier alpha value is -2.56. The Morgan fingerprint density at radius 3 is 2.59 bits per heavy atom. The van der Waals surface area contributed by atoms with Crippen LogP contribution in [0.5, 0.6) is 0 Å². The smallest absolute Gasteiger partial charge is 0.143 e. The molecule has 4 rings (SSSR count). The van der Waals surface area contributed by atoms with Crippen LogP contribution in [0.4, 0.5) is 11.5 Å². The summed E-state index contributed by atoms with van der Waals surface area (Å²) < 4.78 is 2.12. The molecule has 0 saturated carbocycles. The maximum atomic E-state index is 6.47. The molecule has 0 aliphatic rings. The average molecular weight is 397 g/mol. The summed E-state index contributed by atoms with van der Waals surface area (Å²) >= 11 is 12.9. The number of nitrogens with zero attached hydrogens (tertiary/aromatic N) is 3. The zero-order chi connectivity index (χ0) is 19.0. The Bertz CT molecular complexity index is 1110. The number of halogens is 2. The van der Waals surface area contributed by atoms with Gasteiger partial charge < -0.3 is 5.32 Å². The average Bonchev–Trinajstić information content (AvgIpc) is 3.03. The van der Waals surface area contributed by atoms with Crippen molar-refractivity contribution in [2.24, 2.45) is 0 Å². The number of fused-ring (bicyclic) bond motifs is 1. The third-order valence-electron chi connectivity index (χ3n) is 4.58. The fourth-order valence-electron chi connectivity index (χ4n) is 3.22. The number of anilines is 2. The number of hydrogen-bond donors (Lipinski definition) is 1. The lowest BCUT2D eigenvalue weighted by molar-refractivity contribution is 0.983. The van der Waals surface area contributed by atoms with Crippen molar-refractivity contribution in [2.75, 3.05) is 5.32 Å². The third kappa shape index (κ3) is 3.15. The van der Waals surface area contributed by atoms with Crippen LogP contribution in [0.2, 0.25) is 10.0 Å². The molecule has 4 nitrogen and oxygen atoms in total. The van der Waals surface area contributed by atoms with Crippen LogP contribution in [-0.4, -0.2) is 14.4 Å². The Morgan fingerprint density at radius 2 is 1.85 bits per heavy atom. The fraction of sp³-hybridized carbons (Fsp3) is 0.143. The summed E-state index contributed by atoms with van der Waals surface area (Å²) in [6.07, 6.45) is 4.22. The zero-order valence-corrected chi connectivity index (χ0v) is 16.5. The van der Waals surface area contributed by atoms with Gasteiger partial charge in [-0.15, -0.1) is 0 Å². The SMILES string of the molecule is CCc1cccc2nc(-c3ccncc3Cl)c(Nc3c(C)cccc3Cl)n12. The van der Waals surface area contributed by atoms with Gasteiger partial charge in [-0.05, 0) is 43.2 Å². The van der Waals surface area contributed by atoms with E-state index in [0.29, 0.717) is 10.0 Å². The molecule has 0 spiro atoms. The van der Waals surface area contributed by atoms with Gasteiger partial charge in [-0.25, -0.2) is 4.98 Å². The Morgan fingerprint density at radius 1 is 1.04 bits per heavy atom. The first-order chi connectivity index (χ1) is 13.1. The maximum Gasteiger partial charge on any atom is 0.143 e. The lowest BCUT2D eigenvalue weighted by atomic mass is 10.1. The molecule has 136 valence electrons. The van der Waals surface area contributed by atoms with Crippen molar-refractivity contribution in [2.45, 2.75) is 20.3 Å². The van der Waals surface area contributed by atoms with E-state index in [4.69, 9.17) is 28.2 Å². The summed E-state index contributed by atoms with van der Waals surface area (Å²) in [6.45, 7) is 4.15. The molecular formula is C21H18Cl2N4. The van der Waals surface area contributed by atoms with Gasteiger partial charge in [0.05, 0.1) is 15.7 Å². The summed E-state index contributed by atoms with van der Waals surface area (Å²) in [7, 11) is 0. The van der Waals surface area contributed by atoms with Gasteiger partial charge in [-0.3, -0.25) is 9.38 Å². The molecule has 1 N–H and O–H groups in total. The van der Waals surface area contributed by atoms with Crippen molar-refractivity contribution < 1.29 is 0 Å². The van der Waals surface area contributed by atoms with Crippen LogP contribution in [0, 0.1) is 6.92 Å². The minimum absolute atomic E-state index is 0.554. The second-order valence-corrected chi connectivity index (χ2v) is 7.10. The largest absolute Gasteiger partial charge is 0.338 e. The van der Waals surface area contributed by atoms with Gasteiger partial charge in [-0.2, -0.15) is 0 Å². The molecule has 3 heterocycles. The third-order valence-corrected chi connectivity index (χ3v) is 5.20. The molecule has 0 atom stereocenters. The molecule has 0 bridgehead atoms. The molecule has 0 saturated heterocycles. The quantitative estimate of drug-likeness (QED) is 0.438. The van der Waals surface area contributed by atoms with E-state index in [-0.39, 0.29) is 0 Å². The molecule has 27 heavy (non-hydrogen) atoms. The van der Waals surface area contributed by atoms with Crippen LogP contribution in [0.1, 0.15) is 18.2 Å². The predicted molar refractivity (Wildman–Crippen MR) is 112 cm³/mol. The lowest BCUT2D eigenvalue weighted by Crippen LogP contribution is -2.03. The van der Waals surface area contributed by atoms with E-state index < -0.39 is 0 Å². The van der Waals surface area contributed by atoms with Crippen LogP contribution in [-0.2, 0) is 6.42 Å². The number of aromatic nitrogens is 3. The number of imidazole rings is 1. The van der Waals surface area contributed by atoms with E-state index in [9.17, 15) is 0 Å². The van der Waals surface area contributed by atoms with Crippen molar-refractivity contribution in [3.8, 4) is 11.3 Å². The van der Waals surface area contributed by atoms with Crippen LogP contribution in [0.25, 0.3) is 16.9 Å². The summed E-state index contributed by atoms with van der Waals surface area (Å²) in [5.74, 6) is 0.840. The first-order valence-corrected chi connectivity index (χ1v) is 9.48. The van der Waals surface area contributed by atoms with Gasteiger partial charge in [0.2, 0.25) is 0 Å². The van der Waals surface area contributed by atoms with Gasteiger partial charge in [0.15, 0.2) is 0 Å². The number of nitrogens with one attached hydrogen (secondary N) is 1. The molecule has 4 aromatic rings. The van der Waals surface area contributed by atoms with Gasteiger partial charge in [0, 0.05) is 23.7 Å². The highest BCUT2D eigenvalue weighted by Crippen LogP contribution is 2.37. The van der Waals surface area contributed by atoms with E-state index in [0.717, 1.165) is 46.1 Å². The van der Waals surface area contributed by atoms with Crippen molar-refractivity contribution in [3.63, 3.8) is 0 Å². The first kappa shape index (κ1) is 17.8. The Labute approximate surface area is 167 Å². The van der Waals surface area contributed by atoms with Crippen LogP contribution >= 0.6 is 23.2 Å². The first-order valence-electron chi connectivity index (χ1n) is 8.72. The highest BCUT2D eigenvalue weighted by molar-refractivity contribution is 6.34. The number of para-hydroxylation sites is 1. The van der Waals surface area contributed by atoms with Crippen LogP contribution in [0.15, 0.2) is 54.9 Å². The zero-order valence-electron chi connectivity index (χ0n) is 15.0. The number of benzene rings is 1. The predicted octanol–water partition coefficient (Wildman–Crippen LogP) is 6.32. The van der Waals surface area contributed by atoms with Crippen molar-refractivity contribution in [3.05, 3.63) is 76.2 Å². The topological polar surface area (TPSA) is 42.2 Å². The van der Waals surface area contributed by atoms with Gasteiger partial charge in [-0.1, -0.05) is 48.3 Å². The molecule has 0 fully saturated rings. The Kier molecular flexibility index (Phi) is 4.77. The maximum absolute atomic E-state index is 6.47. The molecule has 0 radical (unpaired) electrons. The number of hydrogen-bond acceptors (Lipinski definition) is 3. The van der Waals surface area contributed by atoms with Gasteiger partial charge >= 0.3 is 0 Å². The second-order valence-electron chi connectivity index (χ2n) is 6.29. The summed E-state index contributed by atoms with van der Waals surface area (Å²) in [5.41, 5.74) is 5.50. The number of pyridine rings is 2. The van der Waals surface area contributed by atoms with E-state index in [1.807, 2.05) is 43.3 Å². The number of rotatable bonds is 4. The van der Waals surface area contributed by atoms with Crippen molar-refractivity contribution >= 4 is 40.4 Å². The standard InChI is InChI=1S/C21H18Cl2N4/c1-3-14-7-5-9-18-25-20(15-10-11-24-12-17(15)23)21(27(14)18)26-19-13(2)6-4-8-16(19)22/h4-12,26H,3H2,1-2H3. The number of aryl methyl sites for hydroxylation is 2. The van der Waals surface area contributed by atoms with Crippen LogP contribution < -0.4 is 5.32 Å². The molecular weight excluding hydrogens is 379 g/mol.